The Morgan fingerprint density at radius 2 is 2.00 bits per heavy atom. The van der Waals surface area contributed by atoms with Gasteiger partial charge >= 0.3 is 0 Å². The van der Waals surface area contributed by atoms with Gasteiger partial charge in [-0.05, 0) is 6.92 Å². The lowest BCUT2D eigenvalue weighted by Crippen LogP contribution is -2.38. The van der Waals surface area contributed by atoms with Crippen molar-refractivity contribution in [1.82, 2.24) is 9.80 Å². The maximum atomic E-state index is 11.4. The first-order valence-corrected chi connectivity index (χ1v) is 4.52. The number of hydrogen-bond acceptors (Lipinski definition) is 3. The van der Waals surface area contributed by atoms with Crippen LogP contribution in [0.1, 0.15) is 13.3 Å². The van der Waals surface area contributed by atoms with Gasteiger partial charge in [-0.3, -0.25) is 14.4 Å². The van der Waals surface area contributed by atoms with Crippen LogP contribution in [-0.4, -0.2) is 54.1 Å². The van der Waals surface area contributed by atoms with E-state index >= 15 is 0 Å². The summed E-state index contributed by atoms with van der Waals surface area (Å²) >= 11 is 0. The van der Waals surface area contributed by atoms with E-state index in [0.29, 0.717) is 13.0 Å². The summed E-state index contributed by atoms with van der Waals surface area (Å²) in [5, 5.41) is 0. The molecular formula is C9H14N2O3. The molecule has 1 fully saturated rings. The molecule has 0 atom stereocenters. The molecular weight excluding hydrogens is 184 g/mol. The van der Waals surface area contributed by atoms with Gasteiger partial charge in [0.25, 0.3) is 0 Å². The van der Waals surface area contributed by atoms with Crippen LogP contribution in [0, 0.1) is 0 Å². The van der Waals surface area contributed by atoms with Gasteiger partial charge in [0.1, 0.15) is 12.3 Å². The minimum atomic E-state index is -0.127. The summed E-state index contributed by atoms with van der Waals surface area (Å²) in [5.74, 6) is -0.342. The molecule has 1 aliphatic heterocycles. The number of ketones is 1. The first kappa shape index (κ1) is 10.7. The molecule has 1 aliphatic rings. The first-order chi connectivity index (χ1) is 6.50. The largest absolute Gasteiger partial charge is 0.344 e. The van der Waals surface area contributed by atoms with Crippen LogP contribution in [0.5, 0.6) is 0 Å². The molecule has 5 heteroatoms. The van der Waals surface area contributed by atoms with E-state index < -0.39 is 0 Å². The molecule has 1 rings (SSSR count). The lowest BCUT2D eigenvalue weighted by molar-refractivity contribution is -0.137. The van der Waals surface area contributed by atoms with Crippen molar-refractivity contribution < 1.29 is 14.4 Å². The van der Waals surface area contributed by atoms with Crippen LogP contribution in [0.15, 0.2) is 0 Å². The maximum Gasteiger partial charge on any atom is 0.241 e. The second-order valence-electron chi connectivity index (χ2n) is 3.52. The molecule has 0 spiro atoms. The highest BCUT2D eigenvalue weighted by molar-refractivity contribution is 5.90. The molecule has 0 bridgehead atoms. The van der Waals surface area contributed by atoms with Crippen molar-refractivity contribution in [1.29, 1.82) is 0 Å². The third-order valence-corrected chi connectivity index (χ3v) is 2.18. The number of nitrogens with zero attached hydrogens (tertiary/aromatic N) is 2. The van der Waals surface area contributed by atoms with Crippen molar-refractivity contribution in [3.63, 3.8) is 0 Å². The average molecular weight is 198 g/mol. The van der Waals surface area contributed by atoms with Crippen LogP contribution >= 0.6 is 0 Å². The van der Waals surface area contributed by atoms with E-state index in [0.717, 1.165) is 0 Å². The second-order valence-corrected chi connectivity index (χ2v) is 3.52. The van der Waals surface area contributed by atoms with Gasteiger partial charge in [0.15, 0.2) is 0 Å². The summed E-state index contributed by atoms with van der Waals surface area (Å²) in [6.45, 7) is 1.91. The Balaban J connectivity index is 2.68. The van der Waals surface area contributed by atoms with Gasteiger partial charge in [0.2, 0.25) is 11.8 Å². The molecule has 2 amide bonds. The Morgan fingerprint density at radius 3 is 2.57 bits per heavy atom. The number of likely N-dealkylation sites (N-methyl/N-ethyl adjacent to an activating group) is 1. The van der Waals surface area contributed by atoms with Crippen molar-refractivity contribution in [2.45, 2.75) is 13.3 Å². The molecule has 0 aromatic carbocycles. The van der Waals surface area contributed by atoms with Crippen molar-refractivity contribution >= 4 is 17.6 Å². The molecule has 0 saturated carbocycles. The normalized spacial score (nSPS) is 18.4. The summed E-state index contributed by atoms with van der Waals surface area (Å²) in [4.78, 5) is 36.5. The van der Waals surface area contributed by atoms with E-state index in [1.807, 2.05) is 0 Å². The predicted octanol–water partition coefficient (Wildman–Crippen LogP) is -0.734. The maximum absolute atomic E-state index is 11.4. The Hall–Kier alpha value is -1.39. The highest BCUT2D eigenvalue weighted by atomic mass is 16.2. The van der Waals surface area contributed by atoms with E-state index in [2.05, 4.69) is 0 Å². The van der Waals surface area contributed by atoms with Gasteiger partial charge in [-0.15, -0.1) is 0 Å². The fourth-order valence-electron chi connectivity index (χ4n) is 1.33. The van der Waals surface area contributed by atoms with Crippen molar-refractivity contribution in [2.24, 2.45) is 0 Å². The summed E-state index contributed by atoms with van der Waals surface area (Å²) in [6, 6.07) is 0. The highest BCUT2D eigenvalue weighted by Gasteiger charge is 2.24. The third kappa shape index (κ3) is 2.55. The molecule has 5 nitrogen and oxygen atoms in total. The molecule has 14 heavy (non-hydrogen) atoms. The SMILES string of the molecule is CC(=O)CN1CC(=O)N(C)CCC1=O. The Labute approximate surface area is 82.7 Å². The topological polar surface area (TPSA) is 57.7 Å². The zero-order valence-electron chi connectivity index (χ0n) is 8.45. The average Bonchev–Trinajstić information content (AvgIpc) is 2.19. The second kappa shape index (κ2) is 4.21. The standard InChI is InChI=1S/C9H14N2O3/c1-7(12)5-11-6-9(14)10(2)4-3-8(11)13/h3-6H2,1-2H3. The number of rotatable bonds is 2. The highest BCUT2D eigenvalue weighted by Crippen LogP contribution is 2.03. The van der Waals surface area contributed by atoms with Crippen molar-refractivity contribution in [3.05, 3.63) is 0 Å². The first-order valence-electron chi connectivity index (χ1n) is 4.52. The van der Waals surface area contributed by atoms with Crippen LogP contribution in [0.2, 0.25) is 0 Å². The van der Waals surface area contributed by atoms with Crippen LogP contribution in [0.3, 0.4) is 0 Å². The van der Waals surface area contributed by atoms with Gasteiger partial charge in [-0.2, -0.15) is 0 Å². The minimum absolute atomic E-state index is 0.0227. The number of Topliss-reactive ketones (excluding diaryl/α,β-unsaturated/α-hetero) is 1. The van der Waals surface area contributed by atoms with E-state index in [-0.39, 0.29) is 30.7 Å². The third-order valence-electron chi connectivity index (χ3n) is 2.18. The molecule has 1 saturated heterocycles. The fourth-order valence-corrected chi connectivity index (χ4v) is 1.33. The number of hydrogen-bond donors (Lipinski definition) is 0. The van der Waals surface area contributed by atoms with Gasteiger partial charge in [0, 0.05) is 20.0 Å². The summed E-state index contributed by atoms with van der Waals surface area (Å²) in [7, 11) is 1.66. The Kier molecular flexibility index (Phi) is 3.22. The van der Waals surface area contributed by atoms with Crippen molar-refractivity contribution in [2.75, 3.05) is 26.7 Å². The van der Waals surface area contributed by atoms with Crippen LogP contribution in [0.25, 0.3) is 0 Å². The van der Waals surface area contributed by atoms with Gasteiger partial charge < -0.3 is 9.80 Å². The molecule has 0 aromatic rings. The summed E-state index contributed by atoms with van der Waals surface area (Å²) < 4.78 is 0. The van der Waals surface area contributed by atoms with Gasteiger partial charge in [-0.1, -0.05) is 0 Å². The molecule has 0 aromatic heterocycles. The quantitative estimate of drug-likeness (QED) is 0.587. The lowest BCUT2D eigenvalue weighted by atomic mass is 10.3. The molecule has 0 aliphatic carbocycles. The molecule has 1 heterocycles. The van der Waals surface area contributed by atoms with E-state index in [9.17, 15) is 14.4 Å². The van der Waals surface area contributed by atoms with Crippen molar-refractivity contribution in [3.8, 4) is 0 Å². The van der Waals surface area contributed by atoms with E-state index in [1.54, 1.807) is 7.05 Å². The minimum Gasteiger partial charge on any atom is -0.344 e. The smallest absolute Gasteiger partial charge is 0.241 e. The molecule has 0 radical (unpaired) electrons. The van der Waals surface area contributed by atoms with Crippen LogP contribution in [0.4, 0.5) is 0 Å². The van der Waals surface area contributed by atoms with E-state index in [1.165, 1.54) is 16.7 Å². The predicted molar refractivity (Wildman–Crippen MR) is 49.5 cm³/mol. The number of amides is 2. The summed E-state index contributed by atoms with van der Waals surface area (Å²) in [5.41, 5.74) is 0. The monoisotopic (exact) mass is 198 g/mol. The zero-order valence-corrected chi connectivity index (χ0v) is 8.45. The van der Waals surface area contributed by atoms with Crippen LogP contribution in [-0.2, 0) is 14.4 Å². The number of carbonyl (C=O) groups is 3. The van der Waals surface area contributed by atoms with Gasteiger partial charge in [-0.25, -0.2) is 0 Å². The van der Waals surface area contributed by atoms with E-state index in [4.69, 9.17) is 0 Å². The molecule has 0 N–H and O–H groups in total. The fraction of sp³-hybridized carbons (Fsp3) is 0.667. The number of carbonyl (C=O) groups excluding carboxylic acids is 3. The Morgan fingerprint density at radius 1 is 1.36 bits per heavy atom. The molecule has 78 valence electrons. The zero-order chi connectivity index (χ0) is 10.7. The molecule has 0 unspecified atom stereocenters. The van der Waals surface area contributed by atoms with Crippen LogP contribution < -0.4 is 0 Å². The Bertz CT molecular complexity index is 275. The summed E-state index contributed by atoms with van der Waals surface area (Å²) in [6.07, 6.45) is 0.301. The lowest BCUT2D eigenvalue weighted by Gasteiger charge is -2.17. The van der Waals surface area contributed by atoms with Gasteiger partial charge in [0.05, 0.1) is 6.54 Å².